The third-order valence-corrected chi connectivity index (χ3v) is 6.08. The van der Waals surface area contributed by atoms with Gasteiger partial charge in [-0.1, -0.05) is 23.5 Å². The van der Waals surface area contributed by atoms with E-state index >= 15 is 0 Å². The average Bonchev–Trinajstić information content (AvgIpc) is 3.45. The first-order chi connectivity index (χ1) is 14.6. The van der Waals surface area contributed by atoms with E-state index in [-0.39, 0.29) is 12.7 Å². The minimum absolute atomic E-state index is 0.131. The van der Waals surface area contributed by atoms with Crippen molar-refractivity contribution < 1.29 is 14.3 Å². The molecule has 0 spiro atoms. The van der Waals surface area contributed by atoms with E-state index in [1.807, 2.05) is 48.9 Å². The third-order valence-electron chi connectivity index (χ3n) is 5.02. The molecule has 2 aromatic heterocycles. The fraction of sp³-hybridized carbons (Fsp3) is 0.227. The Morgan fingerprint density at radius 1 is 1.13 bits per heavy atom. The molecule has 4 aromatic rings. The standard InChI is InChI=1S/C22H20N4O3S/c1-14-11-15(2)26(24-14)10-9-25(22-23-17-5-3-4-6-20(17)30-22)21(27)16-7-8-18-19(12-16)29-13-28-18/h3-8,11-12H,9-10,13H2,1-2H3. The molecule has 0 fully saturated rings. The molecular formula is C22H20N4O3S. The van der Waals surface area contributed by atoms with Gasteiger partial charge in [-0.25, -0.2) is 4.98 Å². The van der Waals surface area contributed by atoms with Crippen molar-refractivity contribution >= 4 is 32.6 Å². The van der Waals surface area contributed by atoms with Gasteiger partial charge < -0.3 is 9.47 Å². The summed E-state index contributed by atoms with van der Waals surface area (Å²) in [6.45, 7) is 5.18. The van der Waals surface area contributed by atoms with Crippen LogP contribution in [0.5, 0.6) is 11.5 Å². The van der Waals surface area contributed by atoms with Crippen LogP contribution in [0.3, 0.4) is 0 Å². The van der Waals surface area contributed by atoms with Gasteiger partial charge in [0, 0.05) is 17.8 Å². The highest BCUT2D eigenvalue weighted by molar-refractivity contribution is 7.22. The molecule has 1 aliphatic heterocycles. The van der Waals surface area contributed by atoms with Crippen LogP contribution < -0.4 is 14.4 Å². The van der Waals surface area contributed by atoms with Gasteiger partial charge in [-0.05, 0) is 50.2 Å². The summed E-state index contributed by atoms with van der Waals surface area (Å²) in [6, 6.07) is 15.2. The molecule has 0 bridgehead atoms. The van der Waals surface area contributed by atoms with Crippen molar-refractivity contribution in [2.24, 2.45) is 0 Å². The number of rotatable bonds is 5. The topological polar surface area (TPSA) is 69.5 Å². The molecule has 0 N–H and O–H groups in total. The van der Waals surface area contributed by atoms with E-state index in [9.17, 15) is 4.79 Å². The number of nitrogens with zero attached hydrogens (tertiary/aromatic N) is 4. The fourth-order valence-corrected chi connectivity index (χ4v) is 4.53. The van der Waals surface area contributed by atoms with Gasteiger partial charge in [-0.2, -0.15) is 5.10 Å². The molecule has 0 radical (unpaired) electrons. The molecule has 0 unspecified atom stereocenters. The second-order valence-corrected chi connectivity index (χ2v) is 8.15. The number of benzene rings is 2. The van der Waals surface area contributed by atoms with Gasteiger partial charge in [0.1, 0.15) is 0 Å². The number of thiazole rings is 1. The van der Waals surface area contributed by atoms with Crippen molar-refractivity contribution in [2.75, 3.05) is 18.2 Å². The Hall–Kier alpha value is -3.39. The molecule has 30 heavy (non-hydrogen) atoms. The molecule has 3 heterocycles. The quantitative estimate of drug-likeness (QED) is 0.484. The summed E-state index contributed by atoms with van der Waals surface area (Å²) >= 11 is 1.51. The monoisotopic (exact) mass is 420 g/mol. The van der Waals surface area contributed by atoms with Crippen molar-refractivity contribution in [3.8, 4) is 11.5 Å². The molecule has 0 atom stereocenters. The normalized spacial score (nSPS) is 12.5. The number of amides is 1. The molecule has 0 aliphatic carbocycles. The van der Waals surface area contributed by atoms with Crippen LogP contribution in [0.1, 0.15) is 21.7 Å². The van der Waals surface area contributed by atoms with Crippen LogP contribution in [-0.4, -0.2) is 34.0 Å². The van der Waals surface area contributed by atoms with Crippen LogP contribution in [-0.2, 0) is 6.54 Å². The van der Waals surface area contributed by atoms with E-state index in [0.29, 0.717) is 35.3 Å². The highest BCUT2D eigenvalue weighted by atomic mass is 32.1. The number of aryl methyl sites for hydroxylation is 2. The predicted molar refractivity (Wildman–Crippen MR) is 116 cm³/mol. The van der Waals surface area contributed by atoms with E-state index in [1.165, 1.54) is 11.3 Å². The van der Waals surface area contributed by atoms with Gasteiger partial charge in [0.25, 0.3) is 5.91 Å². The maximum Gasteiger partial charge on any atom is 0.260 e. The lowest BCUT2D eigenvalue weighted by atomic mass is 10.2. The van der Waals surface area contributed by atoms with Crippen molar-refractivity contribution in [1.29, 1.82) is 0 Å². The zero-order valence-corrected chi connectivity index (χ0v) is 17.5. The number of aromatic nitrogens is 3. The first-order valence-electron chi connectivity index (χ1n) is 9.66. The number of carbonyl (C=O) groups is 1. The number of fused-ring (bicyclic) bond motifs is 2. The Balaban J connectivity index is 1.49. The Morgan fingerprint density at radius 2 is 1.97 bits per heavy atom. The second-order valence-electron chi connectivity index (χ2n) is 7.14. The summed E-state index contributed by atoms with van der Waals surface area (Å²) in [7, 11) is 0. The first kappa shape index (κ1) is 18.6. The Morgan fingerprint density at radius 3 is 2.77 bits per heavy atom. The SMILES string of the molecule is Cc1cc(C)n(CCN(C(=O)c2ccc3c(c2)OCO3)c2nc3ccccc3s2)n1. The summed E-state index contributed by atoms with van der Waals surface area (Å²) in [6.07, 6.45) is 0. The zero-order chi connectivity index (χ0) is 20.7. The molecular weight excluding hydrogens is 400 g/mol. The molecule has 5 rings (SSSR count). The van der Waals surface area contributed by atoms with Crippen molar-refractivity contribution in [1.82, 2.24) is 14.8 Å². The Bertz CT molecular complexity index is 1210. The van der Waals surface area contributed by atoms with Crippen LogP contribution in [0.2, 0.25) is 0 Å². The number of hydrogen-bond acceptors (Lipinski definition) is 6. The largest absolute Gasteiger partial charge is 0.454 e. The molecule has 0 saturated heterocycles. The van der Waals surface area contributed by atoms with E-state index in [4.69, 9.17) is 14.5 Å². The van der Waals surface area contributed by atoms with Crippen molar-refractivity contribution in [3.63, 3.8) is 0 Å². The minimum atomic E-state index is -0.131. The van der Waals surface area contributed by atoms with Crippen LogP contribution in [0.15, 0.2) is 48.5 Å². The van der Waals surface area contributed by atoms with Gasteiger partial charge in [0.2, 0.25) is 6.79 Å². The van der Waals surface area contributed by atoms with Crippen molar-refractivity contribution in [2.45, 2.75) is 20.4 Å². The summed E-state index contributed by atoms with van der Waals surface area (Å²) in [5, 5.41) is 5.19. The van der Waals surface area contributed by atoms with Gasteiger partial charge in [-0.15, -0.1) is 0 Å². The smallest absolute Gasteiger partial charge is 0.260 e. The molecule has 0 saturated carbocycles. The van der Waals surface area contributed by atoms with E-state index in [0.717, 1.165) is 21.6 Å². The number of carbonyl (C=O) groups excluding carboxylic acids is 1. The molecule has 8 heteroatoms. The van der Waals surface area contributed by atoms with Crippen molar-refractivity contribution in [3.05, 3.63) is 65.5 Å². The summed E-state index contributed by atoms with van der Waals surface area (Å²) in [5.41, 5.74) is 3.44. The number of ether oxygens (including phenoxy) is 2. The fourth-order valence-electron chi connectivity index (χ4n) is 3.54. The summed E-state index contributed by atoms with van der Waals surface area (Å²) in [4.78, 5) is 19.9. The zero-order valence-electron chi connectivity index (χ0n) is 16.7. The highest BCUT2D eigenvalue weighted by Gasteiger charge is 2.24. The van der Waals surface area contributed by atoms with E-state index in [1.54, 1.807) is 23.1 Å². The molecule has 1 amide bonds. The summed E-state index contributed by atoms with van der Waals surface area (Å²) < 4.78 is 13.8. The lowest BCUT2D eigenvalue weighted by Crippen LogP contribution is -2.34. The first-order valence-corrected chi connectivity index (χ1v) is 10.5. The Labute approximate surface area is 177 Å². The Kier molecular flexibility index (Phi) is 4.63. The van der Waals surface area contributed by atoms with E-state index < -0.39 is 0 Å². The number of anilines is 1. The maximum absolute atomic E-state index is 13.5. The number of para-hydroxylation sites is 1. The number of hydrogen-bond donors (Lipinski definition) is 0. The molecule has 2 aromatic carbocycles. The lowest BCUT2D eigenvalue weighted by Gasteiger charge is -2.20. The predicted octanol–water partition coefficient (Wildman–Crippen LogP) is 4.19. The minimum Gasteiger partial charge on any atom is -0.454 e. The maximum atomic E-state index is 13.5. The highest BCUT2D eigenvalue weighted by Crippen LogP contribution is 2.34. The van der Waals surface area contributed by atoms with Gasteiger partial charge in [0.15, 0.2) is 16.6 Å². The average molecular weight is 420 g/mol. The van der Waals surface area contributed by atoms with Gasteiger partial charge in [0.05, 0.1) is 22.5 Å². The van der Waals surface area contributed by atoms with Gasteiger partial charge in [-0.3, -0.25) is 14.4 Å². The molecule has 7 nitrogen and oxygen atoms in total. The van der Waals surface area contributed by atoms with Crippen LogP contribution in [0.4, 0.5) is 5.13 Å². The van der Waals surface area contributed by atoms with Crippen LogP contribution >= 0.6 is 11.3 Å². The van der Waals surface area contributed by atoms with Gasteiger partial charge >= 0.3 is 0 Å². The van der Waals surface area contributed by atoms with Crippen LogP contribution in [0.25, 0.3) is 10.2 Å². The summed E-state index contributed by atoms with van der Waals surface area (Å²) in [5.74, 6) is 1.11. The lowest BCUT2D eigenvalue weighted by molar-refractivity contribution is 0.0985. The van der Waals surface area contributed by atoms with E-state index in [2.05, 4.69) is 5.10 Å². The third kappa shape index (κ3) is 3.39. The second kappa shape index (κ2) is 7.46. The van der Waals surface area contributed by atoms with Crippen LogP contribution in [0, 0.1) is 13.8 Å². The molecule has 1 aliphatic rings. The molecule has 152 valence electrons.